The van der Waals surface area contributed by atoms with Crippen molar-refractivity contribution in [2.75, 3.05) is 32.8 Å². The molecule has 120 valence electrons. The quantitative estimate of drug-likeness (QED) is 0.826. The second-order valence-electron chi connectivity index (χ2n) is 6.44. The molecule has 0 amide bonds. The highest BCUT2D eigenvalue weighted by molar-refractivity contribution is 5.06. The molecule has 0 saturated carbocycles. The van der Waals surface area contributed by atoms with Gasteiger partial charge in [-0.25, -0.2) is 0 Å². The maximum absolute atomic E-state index is 5.50. The van der Waals surface area contributed by atoms with Gasteiger partial charge < -0.3 is 10.1 Å². The first-order chi connectivity index (χ1) is 10.0. The molecule has 2 rings (SSSR count). The molecule has 5 heteroatoms. The Labute approximate surface area is 128 Å². The van der Waals surface area contributed by atoms with Gasteiger partial charge in [-0.1, -0.05) is 6.92 Å². The smallest absolute Gasteiger partial charge is 0.0640 e. The summed E-state index contributed by atoms with van der Waals surface area (Å²) in [5.74, 6) is 0. The first-order valence-electron chi connectivity index (χ1n) is 8.08. The number of rotatable bonds is 7. The average Bonchev–Trinajstić information content (AvgIpc) is 2.89. The van der Waals surface area contributed by atoms with Gasteiger partial charge in [0.15, 0.2) is 0 Å². The molecule has 1 N–H and O–H groups in total. The molecule has 1 unspecified atom stereocenters. The van der Waals surface area contributed by atoms with Crippen LogP contribution in [0.15, 0.2) is 12.3 Å². The third kappa shape index (κ3) is 4.28. The van der Waals surface area contributed by atoms with Gasteiger partial charge in [0.2, 0.25) is 0 Å². The molecule has 1 aliphatic rings. The summed E-state index contributed by atoms with van der Waals surface area (Å²) >= 11 is 0. The minimum atomic E-state index is 0.0937. The number of nitrogens with one attached hydrogen (secondary N) is 1. The number of hydrogen-bond acceptors (Lipinski definition) is 4. The van der Waals surface area contributed by atoms with E-state index in [1.165, 1.54) is 0 Å². The first kappa shape index (κ1) is 16.5. The van der Waals surface area contributed by atoms with E-state index >= 15 is 0 Å². The molecule has 0 spiro atoms. The van der Waals surface area contributed by atoms with Gasteiger partial charge in [0, 0.05) is 44.3 Å². The summed E-state index contributed by atoms with van der Waals surface area (Å²) in [6.07, 6.45) is 4.14. The van der Waals surface area contributed by atoms with Gasteiger partial charge in [-0.05, 0) is 32.9 Å². The average molecular weight is 294 g/mol. The van der Waals surface area contributed by atoms with Crippen LogP contribution in [0.3, 0.4) is 0 Å². The van der Waals surface area contributed by atoms with Crippen LogP contribution < -0.4 is 5.32 Å². The highest BCUT2D eigenvalue weighted by Crippen LogP contribution is 2.23. The molecule has 0 aliphatic carbocycles. The second-order valence-corrected chi connectivity index (χ2v) is 6.44. The Bertz CT molecular complexity index is 424. The van der Waals surface area contributed by atoms with Crippen LogP contribution in [-0.4, -0.2) is 59.1 Å². The molecule has 0 bridgehead atoms. The lowest BCUT2D eigenvalue weighted by molar-refractivity contribution is -0.0233. The zero-order valence-electron chi connectivity index (χ0n) is 13.9. The van der Waals surface area contributed by atoms with Gasteiger partial charge in [-0.3, -0.25) is 9.58 Å². The summed E-state index contributed by atoms with van der Waals surface area (Å²) in [4.78, 5) is 2.55. The van der Waals surface area contributed by atoms with E-state index in [9.17, 15) is 0 Å². The van der Waals surface area contributed by atoms with Crippen molar-refractivity contribution in [3.05, 3.63) is 18.0 Å². The Morgan fingerprint density at radius 3 is 2.67 bits per heavy atom. The summed E-state index contributed by atoms with van der Waals surface area (Å²) in [5, 5.41) is 8.28. The van der Waals surface area contributed by atoms with E-state index in [4.69, 9.17) is 4.74 Å². The largest absolute Gasteiger partial charge is 0.379 e. The maximum Gasteiger partial charge on any atom is 0.0640 e. The third-order valence-corrected chi connectivity index (χ3v) is 4.50. The molecule has 1 aromatic heterocycles. The van der Waals surface area contributed by atoms with E-state index in [-0.39, 0.29) is 5.54 Å². The fourth-order valence-electron chi connectivity index (χ4n) is 3.03. The lowest BCUT2D eigenvalue weighted by Crippen LogP contribution is -2.61. The standard InChI is InChI=1S/C16H30N4O/c1-5-7-17-15(13-14-6-8-19(4)18-14)16(2,3)20-9-11-21-12-10-20/h6,8,15,17H,5,7,9-13H2,1-4H3. The van der Waals surface area contributed by atoms with Crippen LogP contribution in [0.25, 0.3) is 0 Å². The fraction of sp³-hybridized carbons (Fsp3) is 0.812. The Kier molecular flexibility index (Phi) is 5.79. The number of nitrogens with zero attached hydrogens (tertiary/aromatic N) is 3. The molecule has 1 atom stereocenters. The second kappa shape index (κ2) is 7.38. The molecule has 1 fully saturated rings. The number of aryl methyl sites for hydroxylation is 1. The van der Waals surface area contributed by atoms with Crippen LogP contribution in [0, 0.1) is 0 Å². The summed E-state index contributed by atoms with van der Waals surface area (Å²) < 4.78 is 7.38. The summed E-state index contributed by atoms with van der Waals surface area (Å²) in [6.45, 7) is 11.7. The van der Waals surface area contributed by atoms with E-state index in [2.05, 4.69) is 42.2 Å². The summed E-state index contributed by atoms with van der Waals surface area (Å²) in [6, 6.07) is 2.51. The molecule has 5 nitrogen and oxygen atoms in total. The molecular weight excluding hydrogens is 264 g/mol. The van der Waals surface area contributed by atoms with Gasteiger partial charge in [0.1, 0.15) is 0 Å². The van der Waals surface area contributed by atoms with Crippen molar-refractivity contribution in [1.29, 1.82) is 0 Å². The Morgan fingerprint density at radius 1 is 1.38 bits per heavy atom. The van der Waals surface area contributed by atoms with Gasteiger partial charge in [-0.15, -0.1) is 0 Å². The lowest BCUT2D eigenvalue weighted by Gasteiger charge is -2.46. The molecule has 21 heavy (non-hydrogen) atoms. The van der Waals surface area contributed by atoms with Gasteiger partial charge in [0.25, 0.3) is 0 Å². The van der Waals surface area contributed by atoms with E-state index in [1.54, 1.807) is 0 Å². The topological polar surface area (TPSA) is 42.3 Å². The van der Waals surface area contributed by atoms with E-state index in [0.29, 0.717) is 6.04 Å². The predicted molar refractivity (Wildman–Crippen MR) is 85.5 cm³/mol. The molecule has 0 aromatic carbocycles. The summed E-state index contributed by atoms with van der Waals surface area (Å²) in [7, 11) is 1.98. The van der Waals surface area contributed by atoms with Crippen molar-refractivity contribution in [1.82, 2.24) is 20.0 Å². The van der Waals surface area contributed by atoms with Crippen LogP contribution in [0.5, 0.6) is 0 Å². The van der Waals surface area contributed by atoms with Crippen molar-refractivity contribution < 1.29 is 4.74 Å². The van der Waals surface area contributed by atoms with E-state index in [1.807, 2.05) is 17.9 Å². The number of morpholine rings is 1. The van der Waals surface area contributed by atoms with Crippen molar-refractivity contribution in [3.63, 3.8) is 0 Å². The zero-order valence-corrected chi connectivity index (χ0v) is 13.9. The lowest BCUT2D eigenvalue weighted by atomic mass is 9.88. The maximum atomic E-state index is 5.50. The van der Waals surface area contributed by atoms with Gasteiger partial charge in [0.05, 0.1) is 18.9 Å². The number of ether oxygens (including phenoxy) is 1. The van der Waals surface area contributed by atoms with Gasteiger partial charge in [-0.2, -0.15) is 5.10 Å². The Hall–Kier alpha value is -0.910. The normalized spacial score (nSPS) is 18.9. The molecule has 2 heterocycles. The molecule has 1 saturated heterocycles. The number of aromatic nitrogens is 2. The van der Waals surface area contributed by atoms with Crippen molar-refractivity contribution in [2.45, 2.75) is 45.2 Å². The minimum Gasteiger partial charge on any atom is -0.379 e. The van der Waals surface area contributed by atoms with Crippen molar-refractivity contribution in [3.8, 4) is 0 Å². The molecule has 0 radical (unpaired) electrons. The van der Waals surface area contributed by atoms with Crippen molar-refractivity contribution >= 4 is 0 Å². The minimum absolute atomic E-state index is 0.0937. The number of hydrogen-bond donors (Lipinski definition) is 1. The SMILES string of the molecule is CCCNC(Cc1ccn(C)n1)C(C)(C)N1CCOCC1. The molecule has 1 aliphatic heterocycles. The monoisotopic (exact) mass is 294 g/mol. The summed E-state index contributed by atoms with van der Waals surface area (Å²) in [5.41, 5.74) is 1.25. The Balaban J connectivity index is 2.08. The van der Waals surface area contributed by atoms with Crippen LogP contribution in [0.4, 0.5) is 0 Å². The highest BCUT2D eigenvalue weighted by atomic mass is 16.5. The van der Waals surface area contributed by atoms with Crippen LogP contribution in [-0.2, 0) is 18.2 Å². The molecular formula is C16H30N4O. The van der Waals surface area contributed by atoms with E-state index < -0.39 is 0 Å². The van der Waals surface area contributed by atoms with Crippen molar-refractivity contribution in [2.24, 2.45) is 7.05 Å². The Morgan fingerprint density at radius 2 is 2.10 bits per heavy atom. The van der Waals surface area contributed by atoms with Crippen LogP contribution in [0.1, 0.15) is 32.9 Å². The molecule has 1 aromatic rings. The van der Waals surface area contributed by atoms with Gasteiger partial charge >= 0.3 is 0 Å². The van der Waals surface area contributed by atoms with Crippen LogP contribution >= 0.6 is 0 Å². The zero-order chi connectivity index (χ0) is 15.3. The van der Waals surface area contributed by atoms with E-state index in [0.717, 1.165) is 51.4 Å². The van der Waals surface area contributed by atoms with Crippen LogP contribution in [0.2, 0.25) is 0 Å². The highest BCUT2D eigenvalue weighted by Gasteiger charge is 2.36. The first-order valence-corrected chi connectivity index (χ1v) is 8.08. The fourth-order valence-corrected chi connectivity index (χ4v) is 3.03. The predicted octanol–water partition coefficient (Wildman–Crippen LogP) is 1.44. The third-order valence-electron chi connectivity index (χ3n) is 4.50.